The van der Waals surface area contributed by atoms with E-state index in [4.69, 9.17) is 11.6 Å². The molecule has 1 aliphatic heterocycles. The monoisotopic (exact) mass is 472 g/mol. The van der Waals surface area contributed by atoms with E-state index in [-0.39, 0.29) is 11.8 Å². The van der Waals surface area contributed by atoms with Gasteiger partial charge in [0.1, 0.15) is 5.69 Å². The van der Waals surface area contributed by atoms with E-state index >= 15 is 0 Å². The van der Waals surface area contributed by atoms with E-state index in [2.05, 4.69) is 15.3 Å². The first-order chi connectivity index (χ1) is 16.4. The van der Waals surface area contributed by atoms with Gasteiger partial charge in [-0.05, 0) is 53.8 Å². The number of pyridine rings is 1. The summed E-state index contributed by atoms with van der Waals surface area (Å²) in [6, 6.07) is 15.5. The van der Waals surface area contributed by atoms with Crippen molar-refractivity contribution in [1.82, 2.24) is 20.2 Å². The van der Waals surface area contributed by atoms with Crippen molar-refractivity contribution >= 4 is 34.3 Å². The highest BCUT2D eigenvalue weighted by Crippen LogP contribution is 2.35. The number of hydrogen-bond donors (Lipinski definition) is 2. The largest absolute Gasteiger partial charge is 0.352 e. The summed E-state index contributed by atoms with van der Waals surface area (Å²) in [6.45, 7) is 4.98. The molecule has 0 atom stereocenters. The molecule has 2 amide bonds. The highest BCUT2D eigenvalue weighted by Gasteiger charge is 2.28. The second-order valence-corrected chi connectivity index (χ2v) is 9.08. The van der Waals surface area contributed by atoms with Crippen LogP contribution in [0.25, 0.3) is 22.0 Å². The lowest BCUT2D eigenvalue weighted by Gasteiger charge is -2.30. The number of halogens is 1. The normalized spacial score (nSPS) is 13.1. The summed E-state index contributed by atoms with van der Waals surface area (Å²) in [5.74, 6) is -0.127. The van der Waals surface area contributed by atoms with Gasteiger partial charge in [-0.15, -0.1) is 0 Å². The number of carbonyl (C=O) groups is 2. The number of rotatable bonds is 4. The molecule has 7 heteroatoms. The number of fused-ring (bicyclic) bond motifs is 2. The molecule has 2 aromatic carbocycles. The molecule has 1 aliphatic rings. The number of nitrogens with zero attached hydrogens (tertiary/aromatic N) is 2. The topological polar surface area (TPSA) is 78.1 Å². The third-order valence-corrected chi connectivity index (χ3v) is 6.67. The second kappa shape index (κ2) is 8.95. The summed E-state index contributed by atoms with van der Waals surface area (Å²) < 4.78 is 0. The maximum Gasteiger partial charge on any atom is 0.271 e. The molecule has 6 nitrogen and oxygen atoms in total. The first-order valence-electron chi connectivity index (χ1n) is 11.3. The molecule has 2 N–H and O–H groups in total. The smallest absolute Gasteiger partial charge is 0.271 e. The Kier molecular flexibility index (Phi) is 5.84. The molecule has 0 saturated carbocycles. The van der Waals surface area contributed by atoms with Crippen LogP contribution >= 0.6 is 11.6 Å². The molecule has 2 aromatic heterocycles. The summed E-state index contributed by atoms with van der Waals surface area (Å²) in [4.78, 5) is 35.0. The van der Waals surface area contributed by atoms with E-state index in [1.165, 1.54) is 12.5 Å². The maximum atomic E-state index is 13.8. The average molecular weight is 473 g/mol. The summed E-state index contributed by atoms with van der Waals surface area (Å²) in [5.41, 5.74) is 7.41. The Morgan fingerprint density at radius 3 is 2.74 bits per heavy atom. The van der Waals surface area contributed by atoms with Crippen molar-refractivity contribution in [3.05, 3.63) is 87.8 Å². The minimum Gasteiger partial charge on any atom is -0.352 e. The van der Waals surface area contributed by atoms with Crippen LogP contribution in [0.15, 0.2) is 54.7 Å². The molecule has 34 heavy (non-hydrogen) atoms. The van der Waals surface area contributed by atoms with Crippen LogP contribution in [-0.2, 0) is 24.3 Å². The van der Waals surface area contributed by atoms with Crippen LogP contribution in [0.2, 0.25) is 5.02 Å². The fourth-order valence-corrected chi connectivity index (χ4v) is 4.90. The molecule has 0 aliphatic carbocycles. The van der Waals surface area contributed by atoms with Gasteiger partial charge in [-0.3, -0.25) is 14.6 Å². The van der Waals surface area contributed by atoms with Gasteiger partial charge in [0.05, 0.1) is 0 Å². The summed E-state index contributed by atoms with van der Waals surface area (Å²) >= 11 is 6.30. The zero-order chi connectivity index (χ0) is 23.8. The van der Waals surface area contributed by atoms with Crippen molar-refractivity contribution in [2.24, 2.45) is 0 Å². The Morgan fingerprint density at radius 2 is 1.97 bits per heavy atom. The Bertz CT molecular complexity index is 1410. The van der Waals surface area contributed by atoms with Gasteiger partial charge in [0.15, 0.2) is 0 Å². The molecule has 172 valence electrons. The Labute approximate surface area is 203 Å². The first-order valence-corrected chi connectivity index (χ1v) is 11.7. The molecule has 4 aromatic rings. The number of nitrogens with one attached hydrogen (secondary N) is 2. The summed E-state index contributed by atoms with van der Waals surface area (Å²) in [7, 11) is 0. The van der Waals surface area contributed by atoms with Gasteiger partial charge in [-0.2, -0.15) is 0 Å². The van der Waals surface area contributed by atoms with Crippen molar-refractivity contribution in [2.45, 2.75) is 33.4 Å². The van der Waals surface area contributed by atoms with E-state index in [9.17, 15) is 9.59 Å². The fraction of sp³-hybridized carbons (Fsp3) is 0.222. The number of aryl methyl sites for hydroxylation is 1. The van der Waals surface area contributed by atoms with E-state index in [0.717, 1.165) is 38.9 Å². The number of carbonyl (C=O) groups excluding carboxylic acids is 2. The Morgan fingerprint density at radius 1 is 1.18 bits per heavy atom. The highest BCUT2D eigenvalue weighted by molar-refractivity contribution is 6.31. The zero-order valence-corrected chi connectivity index (χ0v) is 19.9. The lowest BCUT2D eigenvalue weighted by atomic mass is 9.94. The molecular formula is C27H25ClN4O2. The standard InChI is InChI=1S/C27H25ClN4O2/c1-16-23(14-30-17(2)33)21-10-11-32(15-19(21)13-29-16)27(34)26-25(18-6-4-3-5-7-18)22-12-20(28)8-9-24(22)31-26/h3-9,12-13,31H,10-11,14-15H2,1-2H3,(H,30,33). The first kappa shape index (κ1) is 22.2. The molecular weight excluding hydrogens is 448 g/mol. The molecule has 0 bridgehead atoms. The van der Waals surface area contributed by atoms with Gasteiger partial charge in [0.2, 0.25) is 5.91 Å². The number of benzene rings is 2. The van der Waals surface area contributed by atoms with Crippen LogP contribution < -0.4 is 5.32 Å². The van der Waals surface area contributed by atoms with Crippen molar-refractivity contribution < 1.29 is 9.59 Å². The third kappa shape index (κ3) is 4.05. The van der Waals surface area contributed by atoms with Gasteiger partial charge in [0.25, 0.3) is 5.91 Å². The lowest BCUT2D eigenvalue weighted by Crippen LogP contribution is -2.37. The number of hydrogen-bond acceptors (Lipinski definition) is 3. The van der Waals surface area contributed by atoms with Crippen LogP contribution in [0.5, 0.6) is 0 Å². The molecule has 0 unspecified atom stereocenters. The van der Waals surface area contributed by atoms with Gasteiger partial charge < -0.3 is 15.2 Å². The summed E-state index contributed by atoms with van der Waals surface area (Å²) in [5, 5.41) is 4.44. The van der Waals surface area contributed by atoms with Crippen molar-refractivity contribution in [2.75, 3.05) is 6.54 Å². The SMILES string of the molecule is CC(=O)NCc1c(C)ncc2c1CCN(C(=O)c1[nH]c3ccc(Cl)cc3c1-c1ccccc1)C2. The van der Waals surface area contributed by atoms with Crippen LogP contribution in [-0.4, -0.2) is 33.2 Å². The molecule has 5 rings (SSSR count). The minimum absolute atomic E-state index is 0.0548. The van der Waals surface area contributed by atoms with Crippen LogP contribution in [0.1, 0.15) is 39.8 Å². The van der Waals surface area contributed by atoms with Crippen molar-refractivity contribution in [1.29, 1.82) is 0 Å². The molecule has 3 heterocycles. The number of aromatic nitrogens is 2. The predicted octanol–water partition coefficient (Wildman–Crippen LogP) is 5.03. The van der Waals surface area contributed by atoms with Gasteiger partial charge in [-0.1, -0.05) is 41.9 Å². The van der Waals surface area contributed by atoms with E-state index in [1.807, 2.05) is 66.6 Å². The fourth-order valence-electron chi connectivity index (χ4n) is 4.73. The molecule has 0 radical (unpaired) electrons. The number of aromatic amines is 1. The molecule has 0 spiro atoms. The molecule has 0 fully saturated rings. The Balaban J connectivity index is 1.52. The van der Waals surface area contributed by atoms with Crippen molar-refractivity contribution in [3.8, 4) is 11.1 Å². The minimum atomic E-state index is -0.0722. The zero-order valence-electron chi connectivity index (χ0n) is 19.1. The maximum absolute atomic E-state index is 13.8. The van der Waals surface area contributed by atoms with Gasteiger partial charge in [0, 0.05) is 59.9 Å². The number of H-pyrrole nitrogens is 1. The van der Waals surface area contributed by atoms with E-state index < -0.39 is 0 Å². The summed E-state index contributed by atoms with van der Waals surface area (Å²) in [6.07, 6.45) is 2.57. The van der Waals surface area contributed by atoms with Gasteiger partial charge >= 0.3 is 0 Å². The lowest BCUT2D eigenvalue weighted by molar-refractivity contribution is -0.119. The Hall–Kier alpha value is -3.64. The van der Waals surface area contributed by atoms with Gasteiger partial charge in [-0.25, -0.2) is 0 Å². The average Bonchev–Trinajstić information content (AvgIpc) is 3.21. The second-order valence-electron chi connectivity index (χ2n) is 8.64. The van der Waals surface area contributed by atoms with Crippen LogP contribution in [0.3, 0.4) is 0 Å². The third-order valence-electron chi connectivity index (χ3n) is 6.43. The van der Waals surface area contributed by atoms with E-state index in [1.54, 1.807) is 0 Å². The highest BCUT2D eigenvalue weighted by atomic mass is 35.5. The predicted molar refractivity (Wildman–Crippen MR) is 134 cm³/mol. The van der Waals surface area contributed by atoms with E-state index in [0.29, 0.717) is 36.8 Å². The number of amides is 2. The van der Waals surface area contributed by atoms with Crippen molar-refractivity contribution in [3.63, 3.8) is 0 Å². The van der Waals surface area contributed by atoms with Crippen LogP contribution in [0.4, 0.5) is 0 Å². The van der Waals surface area contributed by atoms with Crippen LogP contribution in [0, 0.1) is 6.92 Å². The quantitative estimate of drug-likeness (QED) is 0.437. The molecule has 0 saturated heterocycles.